The van der Waals surface area contributed by atoms with E-state index in [9.17, 15) is 0 Å². The second-order valence-corrected chi connectivity index (χ2v) is 4.81. The minimum Gasteiger partial charge on any atom is -0.300 e. The zero-order valence-electron chi connectivity index (χ0n) is 9.58. The van der Waals surface area contributed by atoms with Crippen LogP contribution in [0.5, 0.6) is 0 Å². The number of piperidine rings is 1. The number of rotatable bonds is 3. The van der Waals surface area contributed by atoms with Gasteiger partial charge in [-0.1, -0.05) is 6.92 Å². The number of nitrogens with one attached hydrogen (secondary N) is 1. The largest absolute Gasteiger partial charge is 0.300 e. The SMILES string of the molecule is CCC(C#N)NC1CCN2CCCC2C1. The van der Waals surface area contributed by atoms with Gasteiger partial charge in [-0.05, 0) is 45.2 Å². The molecule has 2 saturated heterocycles. The maximum atomic E-state index is 8.92. The molecule has 0 aliphatic carbocycles. The van der Waals surface area contributed by atoms with Gasteiger partial charge in [0.25, 0.3) is 0 Å². The van der Waals surface area contributed by atoms with Crippen LogP contribution in [0.3, 0.4) is 0 Å². The van der Waals surface area contributed by atoms with E-state index in [0.717, 1.165) is 12.5 Å². The van der Waals surface area contributed by atoms with Crippen molar-refractivity contribution in [1.82, 2.24) is 10.2 Å². The zero-order valence-corrected chi connectivity index (χ0v) is 9.58. The molecule has 84 valence electrons. The van der Waals surface area contributed by atoms with Crippen molar-refractivity contribution in [3.05, 3.63) is 0 Å². The molecule has 2 aliphatic heterocycles. The topological polar surface area (TPSA) is 39.1 Å². The molecule has 0 aromatic carbocycles. The Bertz CT molecular complexity index is 246. The van der Waals surface area contributed by atoms with Crippen LogP contribution in [0.25, 0.3) is 0 Å². The first kappa shape index (κ1) is 10.9. The molecule has 0 aromatic rings. The van der Waals surface area contributed by atoms with Gasteiger partial charge in [-0.15, -0.1) is 0 Å². The molecule has 2 fully saturated rings. The van der Waals surface area contributed by atoms with Gasteiger partial charge in [0.05, 0.1) is 12.1 Å². The third-order valence-corrected chi connectivity index (χ3v) is 3.82. The van der Waals surface area contributed by atoms with Gasteiger partial charge in [-0.2, -0.15) is 5.26 Å². The van der Waals surface area contributed by atoms with Crippen molar-refractivity contribution < 1.29 is 0 Å². The van der Waals surface area contributed by atoms with Gasteiger partial charge in [-0.25, -0.2) is 0 Å². The summed E-state index contributed by atoms with van der Waals surface area (Å²) in [4.78, 5) is 2.62. The molecular formula is C12H21N3. The molecule has 0 bridgehead atoms. The molecule has 3 heteroatoms. The van der Waals surface area contributed by atoms with Gasteiger partial charge in [0.1, 0.15) is 0 Å². The summed E-state index contributed by atoms with van der Waals surface area (Å²) in [6, 6.07) is 3.77. The molecule has 0 aromatic heterocycles. The predicted octanol–water partition coefficient (Wildman–Crippen LogP) is 1.50. The molecule has 3 atom stereocenters. The molecule has 2 rings (SSSR count). The van der Waals surface area contributed by atoms with Crippen LogP contribution in [-0.4, -0.2) is 36.1 Å². The van der Waals surface area contributed by atoms with Crippen LogP contribution in [0.1, 0.15) is 39.0 Å². The number of hydrogen-bond donors (Lipinski definition) is 1. The summed E-state index contributed by atoms with van der Waals surface area (Å²) < 4.78 is 0. The Morgan fingerprint density at radius 2 is 2.33 bits per heavy atom. The number of hydrogen-bond acceptors (Lipinski definition) is 3. The van der Waals surface area contributed by atoms with Gasteiger partial charge in [0.15, 0.2) is 0 Å². The maximum Gasteiger partial charge on any atom is 0.0952 e. The Morgan fingerprint density at radius 1 is 1.47 bits per heavy atom. The molecule has 3 unspecified atom stereocenters. The number of nitriles is 1. The van der Waals surface area contributed by atoms with E-state index in [0.29, 0.717) is 6.04 Å². The highest BCUT2D eigenvalue weighted by Crippen LogP contribution is 2.26. The monoisotopic (exact) mass is 207 g/mol. The first-order chi connectivity index (χ1) is 7.33. The first-order valence-corrected chi connectivity index (χ1v) is 6.23. The van der Waals surface area contributed by atoms with Crippen LogP contribution in [0.15, 0.2) is 0 Å². The standard InChI is InChI=1S/C12H21N3/c1-2-10(9-13)14-11-5-7-15-6-3-4-12(15)8-11/h10-12,14H,2-8H2,1H3. The highest BCUT2D eigenvalue weighted by molar-refractivity contribution is 4.95. The van der Waals surface area contributed by atoms with Crippen molar-refractivity contribution in [3.63, 3.8) is 0 Å². The van der Waals surface area contributed by atoms with Crippen molar-refractivity contribution >= 4 is 0 Å². The van der Waals surface area contributed by atoms with Crippen molar-refractivity contribution in [2.45, 2.75) is 57.2 Å². The van der Waals surface area contributed by atoms with Crippen LogP contribution < -0.4 is 5.32 Å². The summed E-state index contributed by atoms with van der Waals surface area (Å²) in [5.74, 6) is 0. The Hall–Kier alpha value is -0.590. The highest BCUT2D eigenvalue weighted by Gasteiger charge is 2.32. The lowest BCUT2D eigenvalue weighted by molar-refractivity contribution is 0.164. The van der Waals surface area contributed by atoms with Crippen LogP contribution in [-0.2, 0) is 0 Å². The van der Waals surface area contributed by atoms with Crippen LogP contribution in [0.2, 0.25) is 0 Å². The summed E-state index contributed by atoms with van der Waals surface area (Å²) in [5, 5.41) is 12.4. The van der Waals surface area contributed by atoms with Crippen molar-refractivity contribution in [2.75, 3.05) is 13.1 Å². The normalized spacial score (nSPS) is 33.3. The van der Waals surface area contributed by atoms with Crippen molar-refractivity contribution in [2.24, 2.45) is 0 Å². The van der Waals surface area contributed by atoms with Gasteiger partial charge < -0.3 is 4.90 Å². The average Bonchev–Trinajstić information content (AvgIpc) is 2.73. The van der Waals surface area contributed by atoms with E-state index in [2.05, 4.69) is 23.2 Å². The Balaban J connectivity index is 1.82. The van der Waals surface area contributed by atoms with E-state index in [-0.39, 0.29) is 6.04 Å². The van der Waals surface area contributed by atoms with Gasteiger partial charge >= 0.3 is 0 Å². The maximum absolute atomic E-state index is 8.92. The summed E-state index contributed by atoms with van der Waals surface area (Å²) in [5.41, 5.74) is 0. The Morgan fingerprint density at radius 3 is 3.07 bits per heavy atom. The van der Waals surface area contributed by atoms with E-state index in [1.165, 1.54) is 38.8 Å². The lowest BCUT2D eigenvalue weighted by Gasteiger charge is -2.36. The first-order valence-electron chi connectivity index (χ1n) is 6.23. The fraction of sp³-hybridized carbons (Fsp3) is 0.917. The van der Waals surface area contributed by atoms with Gasteiger partial charge in [0, 0.05) is 12.1 Å². The number of nitrogens with zero attached hydrogens (tertiary/aromatic N) is 2. The smallest absolute Gasteiger partial charge is 0.0952 e. The predicted molar refractivity (Wildman–Crippen MR) is 60.4 cm³/mol. The minimum absolute atomic E-state index is 0.0583. The Kier molecular flexibility index (Phi) is 3.61. The van der Waals surface area contributed by atoms with Crippen LogP contribution >= 0.6 is 0 Å². The third-order valence-electron chi connectivity index (χ3n) is 3.82. The fourth-order valence-corrected chi connectivity index (χ4v) is 2.91. The van der Waals surface area contributed by atoms with Gasteiger partial charge in [0.2, 0.25) is 0 Å². The summed E-state index contributed by atoms with van der Waals surface area (Å²) in [6.45, 7) is 4.60. The lowest BCUT2D eigenvalue weighted by atomic mass is 9.97. The van der Waals surface area contributed by atoms with Crippen LogP contribution in [0, 0.1) is 11.3 Å². The third kappa shape index (κ3) is 2.50. The molecule has 0 radical (unpaired) electrons. The minimum atomic E-state index is 0.0583. The van der Waals surface area contributed by atoms with E-state index in [1.54, 1.807) is 0 Å². The molecule has 3 nitrogen and oxygen atoms in total. The molecule has 0 amide bonds. The molecular weight excluding hydrogens is 186 g/mol. The van der Waals surface area contributed by atoms with Crippen LogP contribution in [0.4, 0.5) is 0 Å². The molecule has 0 spiro atoms. The molecule has 15 heavy (non-hydrogen) atoms. The lowest BCUT2D eigenvalue weighted by Crippen LogP contribution is -2.48. The number of fused-ring (bicyclic) bond motifs is 1. The molecule has 2 heterocycles. The van der Waals surface area contributed by atoms with Crippen molar-refractivity contribution in [3.8, 4) is 6.07 Å². The highest BCUT2D eigenvalue weighted by atomic mass is 15.2. The fourth-order valence-electron chi connectivity index (χ4n) is 2.91. The molecule has 2 aliphatic rings. The van der Waals surface area contributed by atoms with E-state index >= 15 is 0 Å². The quantitative estimate of drug-likeness (QED) is 0.762. The summed E-state index contributed by atoms with van der Waals surface area (Å²) >= 11 is 0. The molecule has 0 saturated carbocycles. The second kappa shape index (κ2) is 4.96. The van der Waals surface area contributed by atoms with E-state index in [4.69, 9.17) is 5.26 Å². The van der Waals surface area contributed by atoms with Crippen molar-refractivity contribution in [1.29, 1.82) is 5.26 Å². The summed E-state index contributed by atoms with van der Waals surface area (Å²) in [6.07, 6.45) is 6.11. The van der Waals surface area contributed by atoms with E-state index < -0.39 is 0 Å². The van der Waals surface area contributed by atoms with E-state index in [1.807, 2.05) is 0 Å². The molecule has 1 N–H and O–H groups in total. The Labute approximate surface area is 92.4 Å². The average molecular weight is 207 g/mol. The second-order valence-electron chi connectivity index (χ2n) is 4.81. The zero-order chi connectivity index (χ0) is 10.7. The van der Waals surface area contributed by atoms with Gasteiger partial charge in [-0.3, -0.25) is 5.32 Å². The summed E-state index contributed by atoms with van der Waals surface area (Å²) in [7, 11) is 0.